The van der Waals surface area contributed by atoms with Crippen LogP contribution in [0.15, 0.2) is 6.20 Å². The van der Waals surface area contributed by atoms with Crippen molar-refractivity contribution in [2.24, 2.45) is 0 Å². The number of nitrogens with zero attached hydrogens (tertiary/aromatic N) is 3. The minimum atomic E-state index is -0.0534. The molecular formula is C21H36N4O3. The maximum absolute atomic E-state index is 12.6. The molecule has 1 aliphatic rings. The molecule has 1 aromatic rings. The van der Waals surface area contributed by atoms with Crippen molar-refractivity contribution in [3.8, 4) is 5.75 Å². The molecular weight excluding hydrogens is 356 g/mol. The van der Waals surface area contributed by atoms with Gasteiger partial charge in [-0.15, -0.1) is 0 Å². The fraction of sp³-hybridized carbons (Fsp3) is 0.714. The van der Waals surface area contributed by atoms with Gasteiger partial charge < -0.3 is 24.6 Å². The summed E-state index contributed by atoms with van der Waals surface area (Å²) in [6.45, 7) is 12.2. The zero-order valence-corrected chi connectivity index (χ0v) is 18.2. The van der Waals surface area contributed by atoms with Crippen LogP contribution in [0, 0.1) is 13.8 Å². The molecule has 0 bridgehead atoms. The van der Waals surface area contributed by atoms with Crippen molar-refractivity contribution in [1.82, 2.24) is 20.1 Å². The summed E-state index contributed by atoms with van der Waals surface area (Å²) in [7, 11) is 3.47. The number of rotatable bonds is 8. The molecule has 7 nitrogen and oxygen atoms in total. The summed E-state index contributed by atoms with van der Waals surface area (Å²) in [5.41, 5.74) is 2.85. The smallest absolute Gasteiger partial charge is 0.317 e. The summed E-state index contributed by atoms with van der Waals surface area (Å²) < 4.78 is 11.1. The monoisotopic (exact) mass is 392 g/mol. The Morgan fingerprint density at radius 1 is 1.36 bits per heavy atom. The molecule has 2 rings (SSSR count). The molecule has 1 saturated heterocycles. The van der Waals surface area contributed by atoms with Crippen LogP contribution in [-0.2, 0) is 11.3 Å². The lowest BCUT2D eigenvalue weighted by molar-refractivity contribution is 0.0528. The van der Waals surface area contributed by atoms with Crippen LogP contribution in [0.5, 0.6) is 5.75 Å². The van der Waals surface area contributed by atoms with E-state index in [0.29, 0.717) is 6.54 Å². The molecule has 1 N–H and O–H groups in total. The first kappa shape index (κ1) is 22.4. The van der Waals surface area contributed by atoms with E-state index in [0.717, 1.165) is 61.7 Å². The van der Waals surface area contributed by atoms with Gasteiger partial charge in [0, 0.05) is 50.0 Å². The second-order valence-electron chi connectivity index (χ2n) is 7.89. The topological polar surface area (TPSA) is 66.9 Å². The van der Waals surface area contributed by atoms with Crippen molar-refractivity contribution in [3.05, 3.63) is 23.0 Å². The Morgan fingerprint density at radius 3 is 2.64 bits per heavy atom. The molecule has 0 saturated carbocycles. The van der Waals surface area contributed by atoms with E-state index < -0.39 is 0 Å². The molecule has 0 atom stereocenters. The van der Waals surface area contributed by atoms with E-state index >= 15 is 0 Å². The van der Waals surface area contributed by atoms with Gasteiger partial charge in [0.15, 0.2) is 0 Å². The van der Waals surface area contributed by atoms with Crippen LogP contribution in [0.25, 0.3) is 0 Å². The number of carbonyl (C=O) groups is 1. The summed E-state index contributed by atoms with van der Waals surface area (Å²) in [6, 6.07) is 0.168. The van der Waals surface area contributed by atoms with Gasteiger partial charge in [0.2, 0.25) is 0 Å². The summed E-state index contributed by atoms with van der Waals surface area (Å²) >= 11 is 0. The van der Waals surface area contributed by atoms with Gasteiger partial charge in [0.1, 0.15) is 5.75 Å². The average molecular weight is 393 g/mol. The third-order valence-corrected chi connectivity index (χ3v) is 5.26. The first-order valence-corrected chi connectivity index (χ1v) is 10.2. The third-order valence-electron chi connectivity index (χ3n) is 5.26. The number of amides is 2. The van der Waals surface area contributed by atoms with Gasteiger partial charge in [0.05, 0.1) is 32.1 Å². The zero-order chi connectivity index (χ0) is 20.7. The lowest BCUT2D eigenvalue weighted by Gasteiger charge is -2.33. The molecule has 1 fully saturated rings. The number of piperidine rings is 1. The number of aromatic nitrogens is 1. The highest BCUT2D eigenvalue weighted by atomic mass is 16.5. The molecule has 1 aliphatic heterocycles. The maximum Gasteiger partial charge on any atom is 0.317 e. The highest BCUT2D eigenvalue weighted by molar-refractivity contribution is 5.74. The van der Waals surface area contributed by atoms with Crippen molar-refractivity contribution in [3.63, 3.8) is 0 Å². The second-order valence-corrected chi connectivity index (χ2v) is 7.89. The Hall–Kier alpha value is -1.86. The van der Waals surface area contributed by atoms with Crippen molar-refractivity contribution in [1.29, 1.82) is 0 Å². The number of ether oxygens (including phenoxy) is 2. The highest BCUT2D eigenvalue weighted by Crippen LogP contribution is 2.24. The van der Waals surface area contributed by atoms with Gasteiger partial charge >= 0.3 is 6.03 Å². The Labute approximate surface area is 169 Å². The lowest BCUT2D eigenvalue weighted by Crippen LogP contribution is -2.48. The summed E-state index contributed by atoms with van der Waals surface area (Å²) in [5, 5.41) is 3.16. The minimum Gasteiger partial charge on any atom is -0.496 e. The van der Waals surface area contributed by atoms with Crippen molar-refractivity contribution >= 4 is 6.03 Å². The standard InChI is InChI=1S/C21H36N4O3/c1-15(2)28-12-11-25-9-7-18(8-10-25)23-21(26)24(5)14-19-17(4)20(27-6)16(3)13-22-19/h13,15,18H,7-12,14H2,1-6H3,(H,23,26). The summed E-state index contributed by atoms with van der Waals surface area (Å²) in [4.78, 5) is 21.2. The van der Waals surface area contributed by atoms with E-state index in [1.54, 1.807) is 25.3 Å². The van der Waals surface area contributed by atoms with Crippen LogP contribution in [0.2, 0.25) is 0 Å². The Kier molecular flexibility index (Phi) is 8.51. The second kappa shape index (κ2) is 10.6. The molecule has 0 unspecified atom stereocenters. The molecule has 2 heterocycles. The van der Waals surface area contributed by atoms with Crippen molar-refractivity contribution in [2.45, 2.75) is 59.2 Å². The van der Waals surface area contributed by atoms with Gasteiger partial charge in [-0.05, 0) is 40.5 Å². The molecule has 1 aromatic heterocycles. The van der Waals surface area contributed by atoms with Gasteiger partial charge in [-0.3, -0.25) is 4.98 Å². The molecule has 0 aliphatic carbocycles. The molecule has 0 spiro atoms. The number of urea groups is 1. The number of carbonyl (C=O) groups excluding carboxylic acids is 1. The number of nitrogens with one attached hydrogen (secondary N) is 1. The van der Waals surface area contributed by atoms with Crippen LogP contribution in [0.1, 0.15) is 43.5 Å². The van der Waals surface area contributed by atoms with E-state index in [1.807, 2.05) is 13.8 Å². The quantitative estimate of drug-likeness (QED) is 0.737. The predicted molar refractivity (Wildman–Crippen MR) is 111 cm³/mol. The Bertz CT molecular complexity index is 643. The summed E-state index contributed by atoms with van der Waals surface area (Å²) in [6.07, 6.45) is 4.01. The maximum atomic E-state index is 12.6. The molecule has 7 heteroatoms. The number of aryl methyl sites for hydroxylation is 1. The normalized spacial score (nSPS) is 15.7. The van der Waals surface area contributed by atoms with E-state index in [1.165, 1.54) is 0 Å². The molecule has 0 radical (unpaired) electrons. The Balaban J connectivity index is 1.79. The van der Waals surface area contributed by atoms with Crippen molar-refractivity contribution in [2.75, 3.05) is 40.4 Å². The SMILES string of the molecule is COc1c(C)cnc(CN(C)C(=O)NC2CCN(CCOC(C)C)CC2)c1C. The summed E-state index contributed by atoms with van der Waals surface area (Å²) in [5.74, 6) is 0.840. The first-order chi connectivity index (χ1) is 13.3. The highest BCUT2D eigenvalue weighted by Gasteiger charge is 2.22. The first-order valence-electron chi connectivity index (χ1n) is 10.2. The average Bonchev–Trinajstić information content (AvgIpc) is 2.65. The number of hydrogen-bond donors (Lipinski definition) is 1. The number of pyridine rings is 1. The lowest BCUT2D eigenvalue weighted by atomic mass is 10.1. The predicted octanol–water partition coefficient (Wildman–Crippen LogP) is 2.74. The fourth-order valence-electron chi connectivity index (χ4n) is 3.53. The van der Waals surface area contributed by atoms with Gasteiger partial charge in [-0.25, -0.2) is 4.79 Å². The zero-order valence-electron chi connectivity index (χ0n) is 18.2. The largest absolute Gasteiger partial charge is 0.496 e. The minimum absolute atomic E-state index is 0.0534. The van der Waals surface area contributed by atoms with E-state index in [-0.39, 0.29) is 18.2 Å². The van der Waals surface area contributed by atoms with E-state index in [4.69, 9.17) is 9.47 Å². The van der Waals surface area contributed by atoms with E-state index in [2.05, 4.69) is 29.0 Å². The fourth-order valence-corrected chi connectivity index (χ4v) is 3.53. The number of likely N-dealkylation sites (tertiary alicyclic amines) is 1. The molecule has 158 valence electrons. The third kappa shape index (κ3) is 6.34. The molecule has 2 amide bonds. The number of hydrogen-bond acceptors (Lipinski definition) is 5. The van der Waals surface area contributed by atoms with Crippen molar-refractivity contribution < 1.29 is 14.3 Å². The van der Waals surface area contributed by atoms with Crippen LogP contribution in [-0.4, -0.2) is 73.4 Å². The van der Waals surface area contributed by atoms with Gasteiger partial charge in [-0.2, -0.15) is 0 Å². The Morgan fingerprint density at radius 2 is 2.04 bits per heavy atom. The van der Waals surface area contributed by atoms with Crippen LogP contribution in [0.3, 0.4) is 0 Å². The molecule has 28 heavy (non-hydrogen) atoms. The van der Waals surface area contributed by atoms with Crippen LogP contribution >= 0.6 is 0 Å². The van der Waals surface area contributed by atoms with Crippen LogP contribution < -0.4 is 10.1 Å². The van der Waals surface area contributed by atoms with Crippen LogP contribution in [0.4, 0.5) is 4.79 Å². The van der Waals surface area contributed by atoms with Gasteiger partial charge in [-0.1, -0.05) is 0 Å². The molecule has 0 aromatic carbocycles. The van der Waals surface area contributed by atoms with Gasteiger partial charge in [0.25, 0.3) is 0 Å². The number of methoxy groups -OCH3 is 1. The van der Waals surface area contributed by atoms with E-state index in [9.17, 15) is 4.79 Å².